The predicted octanol–water partition coefficient (Wildman–Crippen LogP) is 1.38. The zero-order chi connectivity index (χ0) is 7.82. The van der Waals surface area contributed by atoms with Crippen LogP contribution in [-0.2, 0) is 4.79 Å². The molecule has 0 unspecified atom stereocenters. The van der Waals surface area contributed by atoms with Crippen LogP contribution < -0.4 is 0 Å². The van der Waals surface area contributed by atoms with Crippen LogP contribution in [0.4, 0.5) is 0 Å². The van der Waals surface area contributed by atoms with Crippen molar-refractivity contribution < 1.29 is 4.79 Å². The standard InChI is InChI=1S/C8H7NO/c1-2-4-8(7-9)5-3-6-10/h2-6H,1H2/b5-3+,8-4+. The van der Waals surface area contributed by atoms with Crippen molar-refractivity contribution in [2.75, 3.05) is 0 Å². The number of allylic oxidation sites excluding steroid dienone is 5. The zero-order valence-corrected chi connectivity index (χ0v) is 5.45. The molecule has 2 heteroatoms. The van der Waals surface area contributed by atoms with Crippen LogP contribution in [-0.4, -0.2) is 6.29 Å². The molecule has 0 aromatic carbocycles. The van der Waals surface area contributed by atoms with Gasteiger partial charge in [-0.05, 0) is 18.2 Å². The summed E-state index contributed by atoms with van der Waals surface area (Å²) in [5.74, 6) is 0. The van der Waals surface area contributed by atoms with E-state index in [1.54, 1.807) is 0 Å². The molecule has 10 heavy (non-hydrogen) atoms. The predicted molar refractivity (Wildman–Crippen MR) is 39.1 cm³/mol. The molecule has 0 N–H and O–H groups in total. The van der Waals surface area contributed by atoms with Crippen molar-refractivity contribution in [3.63, 3.8) is 0 Å². The van der Waals surface area contributed by atoms with E-state index in [4.69, 9.17) is 5.26 Å². The summed E-state index contributed by atoms with van der Waals surface area (Å²) in [5, 5.41) is 8.35. The summed E-state index contributed by atoms with van der Waals surface area (Å²) in [7, 11) is 0. The summed E-state index contributed by atoms with van der Waals surface area (Å²) in [6.07, 6.45) is 6.33. The smallest absolute Gasteiger partial charge is 0.142 e. The first-order valence-electron chi connectivity index (χ1n) is 2.69. The van der Waals surface area contributed by atoms with Gasteiger partial charge in [-0.1, -0.05) is 12.7 Å². The Morgan fingerprint density at radius 2 is 2.30 bits per heavy atom. The maximum Gasteiger partial charge on any atom is 0.142 e. The van der Waals surface area contributed by atoms with Gasteiger partial charge in [0.2, 0.25) is 0 Å². The molecule has 0 aliphatic rings. The van der Waals surface area contributed by atoms with Crippen molar-refractivity contribution in [1.29, 1.82) is 5.26 Å². The summed E-state index contributed by atoms with van der Waals surface area (Å²) < 4.78 is 0. The largest absolute Gasteiger partial charge is 0.299 e. The van der Waals surface area contributed by atoms with Crippen LogP contribution in [0.5, 0.6) is 0 Å². The highest BCUT2D eigenvalue weighted by molar-refractivity contribution is 5.66. The van der Waals surface area contributed by atoms with Crippen molar-refractivity contribution in [2.24, 2.45) is 0 Å². The van der Waals surface area contributed by atoms with E-state index < -0.39 is 0 Å². The van der Waals surface area contributed by atoms with E-state index in [1.807, 2.05) is 6.07 Å². The molecular weight excluding hydrogens is 126 g/mol. The molecule has 0 radical (unpaired) electrons. The third kappa shape index (κ3) is 3.39. The minimum atomic E-state index is 0.419. The number of nitrogens with zero attached hydrogens (tertiary/aromatic N) is 1. The quantitative estimate of drug-likeness (QED) is 0.252. The zero-order valence-electron chi connectivity index (χ0n) is 5.45. The monoisotopic (exact) mass is 133 g/mol. The van der Waals surface area contributed by atoms with Crippen molar-refractivity contribution in [2.45, 2.75) is 0 Å². The second-order valence-corrected chi connectivity index (χ2v) is 1.46. The van der Waals surface area contributed by atoms with E-state index in [-0.39, 0.29) is 0 Å². The lowest BCUT2D eigenvalue weighted by Gasteiger charge is -1.79. The lowest BCUT2D eigenvalue weighted by Crippen LogP contribution is -1.69. The topological polar surface area (TPSA) is 40.9 Å². The van der Waals surface area contributed by atoms with Crippen LogP contribution in [0.2, 0.25) is 0 Å². The van der Waals surface area contributed by atoms with Crippen LogP contribution in [0.15, 0.2) is 36.5 Å². The molecule has 0 heterocycles. The summed E-state index contributed by atoms with van der Waals surface area (Å²) >= 11 is 0. The van der Waals surface area contributed by atoms with E-state index in [9.17, 15) is 4.79 Å². The summed E-state index contributed by atoms with van der Waals surface area (Å²) in [6, 6.07) is 1.88. The van der Waals surface area contributed by atoms with E-state index in [1.165, 1.54) is 24.3 Å². The third-order valence-electron chi connectivity index (χ3n) is 0.781. The van der Waals surface area contributed by atoms with Gasteiger partial charge in [0.1, 0.15) is 6.29 Å². The normalized spacial score (nSPS) is 10.9. The summed E-state index contributed by atoms with van der Waals surface area (Å²) in [4.78, 5) is 9.78. The minimum absolute atomic E-state index is 0.419. The fourth-order valence-electron chi connectivity index (χ4n) is 0.400. The number of nitriles is 1. The second kappa shape index (κ2) is 5.52. The maximum absolute atomic E-state index is 9.78. The maximum atomic E-state index is 9.78. The van der Waals surface area contributed by atoms with Crippen LogP contribution in [0.1, 0.15) is 0 Å². The van der Waals surface area contributed by atoms with Gasteiger partial charge >= 0.3 is 0 Å². The Hall–Kier alpha value is -1.62. The van der Waals surface area contributed by atoms with E-state index in [0.29, 0.717) is 11.9 Å². The highest BCUT2D eigenvalue weighted by Crippen LogP contribution is 1.92. The number of rotatable bonds is 3. The molecule has 0 aliphatic heterocycles. The number of aldehydes is 1. The van der Waals surface area contributed by atoms with Crippen molar-refractivity contribution in [3.05, 3.63) is 36.5 Å². The van der Waals surface area contributed by atoms with E-state index in [0.717, 1.165) is 0 Å². The molecule has 0 saturated heterocycles. The Kier molecular flexibility index (Phi) is 4.62. The van der Waals surface area contributed by atoms with Gasteiger partial charge in [-0.25, -0.2) is 0 Å². The third-order valence-corrected chi connectivity index (χ3v) is 0.781. The molecule has 2 nitrogen and oxygen atoms in total. The molecule has 0 fully saturated rings. The van der Waals surface area contributed by atoms with Crippen LogP contribution in [0.3, 0.4) is 0 Å². The molecular formula is C8H7NO. The number of hydrogen-bond acceptors (Lipinski definition) is 2. The van der Waals surface area contributed by atoms with Gasteiger partial charge in [0, 0.05) is 0 Å². The highest BCUT2D eigenvalue weighted by Gasteiger charge is 1.82. The summed E-state index contributed by atoms with van der Waals surface area (Å²) in [5.41, 5.74) is 0.419. The SMILES string of the molecule is C=C/C=C(C#N)\C=C\C=O. The second-order valence-electron chi connectivity index (χ2n) is 1.46. The number of carbonyl (C=O) groups is 1. The molecule has 50 valence electrons. The van der Waals surface area contributed by atoms with Crippen molar-refractivity contribution in [1.82, 2.24) is 0 Å². The molecule has 0 rings (SSSR count). The molecule has 0 amide bonds. The highest BCUT2D eigenvalue weighted by atomic mass is 16.1. The number of hydrogen-bond donors (Lipinski definition) is 0. The first-order valence-corrected chi connectivity index (χ1v) is 2.69. The molecule has 0 bridgehead atoms. The van der Waals surface area contributed by atoms with Gasteiger partial charge in [0.15, 0.2) is 0 Å². The Morgan fingerprint density at radius 1 is 1.60 bits per heavy atom. The van der Waals surface area contributed by atoms with Crippen LogP contribution in [0.25, 0.3) is 0 Å². The first-order chi connectivity index (χ1) is 4.85. The Bertz CT molecular complexity index is 218. The Balaban J connectivity index is 4.25. The average molecular weight is 133 g/mol. The average Bonchev–Trinajstić information content (AvgIpc) is 1.98. The molecule has 0 saturated carbocycles. The molecule has 0 aromatic rings. The van der Waals surface area contributed by atoms with Crippen molar-refractivity contribution >= 4 is 6.29 Å². The molecule has 0 spiro atoms. The first kappa shape index (κ1) is 8.38. The minimum Gasteiger partial charge on any atom is -0.299 e. The van der Waals surface area contributed by atoms with Crippen LogP contribution >= 0.6 is 0 Å². The van der Waals surface area contributed by atoms with Crippen molar-refractivity contribution in [3.8, 4) is 6.07 Å². The molecule has 0 aliphatic carbocycles. The Labute approximate surface area is 59.8 Å². The van der Waals surface area contributed by atoms with E-state index in [2.05, 4.69) is 6.58 Å². The molecule has 0 atom stereocenters. The van der Waals surface area contributed by atoms with Gasteiger partial charge in [-0.15, -0.1) is 0 Å². The van der Waals surface area contributed by atoms with E-state index >= 15 is 0 Å². The van der Waals surface area contributed by atoms with Gasteiger partial charge in [-0.3, -0.25) is 4.79 Å². The summed E-state index contributed by atoms with van der Waals surface area (Å²) in [6.45, 7) is 3.41. The van der Waals surface area contributed by atoms with Gasteiger partial charge in [0.25, 0.3) is 0 Å². The molecule has 0 aromatic heterocycles. The van der Waals surface area contributed by atoms with Gasteiger partial charge in [-0.2, -0.15) is 5.26 Å². The van der Waals surface area contributed by atoms with Gasteiger partial charge < -0.3 is 0 Å². The fraction of sp³-hybridized carbons (Fsp3) is 0. The fourth-order valence-corrected chi connectivity index (χ4v) is 0.400. The lowest BCUT2D eigenvalue weighted by molar-refractivity contribution is -0.104. The number of carbonyl (C=O) groups excluding carboxylic acids is 1. The van der Waals surface area contributed by atoms with Crippen LogP contribution in [0, 0.1) is 11.3 Å². The lowest BCUT2D eigenvalue weighted by atomic mass is 10.2. The van der Waals surface area contributed by atoms with Gasteiger partial charge in [0.05, 0.1) is 11.6 Å². The Morgan fingerprint density at radius 3 is 2.70 bits per heavy atom.